The second-order valence-corrected chi connectivity index (χ2v) is 3.83. The molecule has 0 aromatic heterocycles. The average molecular weight is 228 g/mol. The molecule has 0 bridgehead atoms. The molecule has 2 amide bonds. The van der Waals surface area contributed by atoms with Crippen molar-refractivity contribution in [3.63, 3.8) is 0 Å². The van der Waals surface area contributed by atoms with Crippen LogP contribution in [0, 0.1) is 0 Å². The van der Waals surface area contributed by atoms with Gasteiger partial charge < -0.3 is 4.74 Å². The maximum absolute atomic E-state index is 11.8. The van der Waals surface area contributed by atoms with E-state index in [1.807, 2.05) is 12.1 Å². The van der Waals surface area contributed by atoms with Crippen LogP contribution in [0.5, 0.6) is 0 Å². The molecule has 0 saturated carbocycles. The topological polar surface area (TPSA) is 68.1 Å². The lowest BCUT2D eigenvalue weighted by Gasteiger charge is -2.17. The molecule has 1 atom stereocenters. The normalized spacial score (nSPS) is 22.1. The van der Waals surface area contributed by atoms with E-state index in [0.717, 1.165) is 12.0 Å². The van der Waals surface area contributed by atoms with Gasteiger partial charge in [-0.15, -0.1) is 0 Å². The van der Waals surface area contributed by atoms with E-state index in [1.165, 1.54) is 0 Å². The number of ether oxygens (including phenoxy) is 1. The number of amides is 2. The summed E-state index contributed by atoms with van der Waals surface area (Å²) in [6.07, 6.45) is 0.717. The quantitative estimate of drug-likeness (QED) is 0.713. The molecule has 1 unspecified atom stereocenters. The number of hydrogen-bond donors (Lipinski definition) is 0. The van der Waals surface area contributed by atoms with Gasteiger partial charge in [0.1, 0.15) is 0 Å². The van der Waals surface area contributed by atoms with Crippen LogP contribution in [-0.2, 0) is 16.0 Å². The van der Waals surface area contributed by atoms with Gasteiger partial charge in [0.2, 0.25) is 6.10 Å². The number of nitrogens with zero attached hydrogens (tertiary/aromatic N) is 2. The van der Waals surface area contributed by atoms with Gasteiger partial charge in [0.25, 0.3) is 11.8 Å². The van der Waals surface area contributed by atoms with Crippen LogP contribution in [0.15, 0.2) is 34.3 Å². The average Bonchev–Trinajstić information content (AvgIpc) is 2.75. The highest BCUT2D eigenvalue weighted by atomic mass is 16.5. The highest BCUT2D eigenvalue weighted by molar-refractivity contribution is 6.18. The fourth-order valence-electron chi connectivity index (χ4n) is 1.95. The molecule has 0 spiro atoms. The fraction of sp³-hybridized carbons (Fsp3) is 0.167. The summed E-state index contributed by atoms with van der Waals surface area (Å²) in [4.78, 5) is 30.5. The third-order valence-corrected chi connectivity index (χ3v) is 2.77. The molecule has 17 heavy (non-hydrogen) atoms. The second kappa shape index (κ2) is 3.62. The second-order valence-electron chi connectivity index (χ2n) is 3.83. The summed E-state index contributed by atoms with van der Waals surface area (Å²) in [6, 6.07) is 7.22. The summed E-state index contributed by atoms with van der Waals surface area (Å²) in [5.41, 5.74) is 1.88. The Hall–Kier alpha value is -2.30. The van der Waals surface area contributed by atoms with Crippen LogP contribution >= 0.6 is 0 Å². The minimum Gasteiger partial charge on any atom is -0.464 e. The predicted molar refractivity (Wildman–Crippen MR) is 60.3 cm³/mol. The Bertz CT molecular complexity index is 575. The molecule has 84 valence electrons. The van der Waals surface area contributed by atoms with Gasteiger partial charge in [0, 0.05) is 12.0 Å². The Labute approximate surface area is 96.8 Å². The largest absolute Gasteiger partial charge is 0.464 e. The molecule has 1 aromatic rings. The molecule has 0 radical (unpaired) electrons. The van der Waals surface area contributed by atoms with Crippen molar-refractivity contribution in [2.24, 2.45) is 9.98 Å². The molecular weight excluding hydrogens is 220 g/mol. The molecule has 0 fully saturated rings. The number of rotatable bonds is 1. The zero-order valence-electron chi connectivity index (χ0n) is 8.79. The predicted octanol–water partition coefficient (Wildman–Crippen LogP) is 0.778. The number of fused-ring (bicyclic) bond motifs is 1. The van der Waals surface area contributed by atoms with Gasteiger partial charge in [-0.3, -0.25) is 9.59 Å². The van der Waals surface area contributed by atoms with Crippen LogP contribution in [0.3, 0.4) is 0 Å². The molecule has 0 saturated heterocycles. The Morgan fingerprint density at radius 1 is 1.24 bits per heavy atom. The minimum absolute atomic E-state index is 0.329. The molecule has 0 aliphatic carbocycles. The molecule has 1 aromatic carbocycles. The van der Waals surface area contributed by atoms with E-state index in [2.05, 4.69) is 9.98 Å². The van der Waals surface area contributed by atoms with Crippen LogP contribution < -0.4 is 0 Å². The van der Waals surface area contributed by atoms with Crippen LogP contribution in [0.4, 0.5) is 0 Å². The molecule has 3 rings (SSSR count). The standard InChI is InChI=1S/C12H8N2O3/c15-11-8-4-2-1-3-7(8)5-9(14-11)10-12(16)13-6-17-10/h1-4,6,10H,5H2. The zero-order valence-corrected chi connectivity index (χ0v) is 8.79. The Balaban J connectivity index is 1.96. The number of carbonyl (C=O) groups is 2. The summed E-state index contributed by atoms with van der Waals surface area (Å²) in [6.45, 7) is 0. The molecule has 2 aliphatic rings. The summed E-state index contributed by atoms with van der Waals surface area (Å²) >= 11 is 0. The van der Waals surface area contributed by atoms with E-state index in [4.69, 9.17) is 4.74 Å². The van der Waals surface area contributed by atoms with Gasteiger partial charge >= 0.3 is 0 Å². The van der Waals surface area contributed by atoms with Gasteiger partial charge in [-0.1, -0.05) is 18.2 Å². The molecule has 2 aliphatic heterocycles. The fourth-order valence-corrected chi connectivity index (χ4v) is 1.95. The smallest absolute Gasteiger partial charge is 0.295 e. The Morgan fingerprint density at radius 2 is 2.06 bits per heavy atom. The number of benzene rings is 1. The molecule has 0 N–H and O–H groups in total. The SMILES string of the molecule is O=C1N=C(C2OC=NC2=O)Cc2ccccc21. The summed E-state index contributed by atoms with van der Waals surface area (Å²) < 4.78 is 5.04. The van der Waals surface area contributed by atoms with Crippen LogP contribution in [0.1, 0.15) is 15.9 Å². The molecular formula is C12H8N2O3. The van der Waals surface area contributed by atoms with Gasteiger partial charge in [0.05, 0.1) is 5.71 Å². The lowest BCUT2D eigenvalue weighted by atomic mass is 9.96. The van der Waals surface area contributed by atoms with Crippen molar-refractivity contribution in [1.29, 1.82) is 0 Å². The Morgan fingerprint density at radius 3 is 2.82 bits per heavy atom. The van der Waals surface area contributed by atoms with Crippen molar-refractivity contribution in [2.75, 3.05) is 0 Å². The first-order valence-corrected chi connectivity index (χ1v) is 5.17. The number of aliphatic imine (C=N–C) groups is 2. The molecule has 5 nitrogen and oxygen atoms in total. The monoisotopic (exact) mass is 228 g/mol. The van der Waals surface area contributed by atoms with E-state index >= 15 is 0 Å². The maximum Gasteiger partial charge on any atom is 0.295 e. The number of carbonyl (C=O) groups excluding carboxylic acids is 2. The first-order chi connectivity index (χ1) is 8.25. The minimum atomic E-state index is -0.827. The molecule has 5 heteroatoms. The van der Waals surface area contributed by atoms with Gasteiger partial charge in [-0.05, 0) is 11.6 Å². The van der Waals surface area contributed by atoms with Crippen molar-refractivity contribution >= 4 is 23.9 Å². The van der Waals surface area contributed by atoms with Crippen LogP contribution in [0.25, 0.3) is 0 Å². The third-order valence-electron chi connectivity index (χ3n) is 2.77. The van der Waals surface area contributed by atoms with Crippen molar-refractivity contribution in [3.8, 4) is 0 Å². The van der Waals surface area contributed by atoms with E-state index in [9.17, 15) is 9.59 Å². The van der Waals surface area contributed by atoms with Crippen molar-refractivity contribution < 1.29 is 14.3 Å². The Kier molecular flexibility index (Phi) is 2.11. The molecule has 2 heterocycles. The lowest BCUT2D eigenvalue weighted by Crippen LogP contribution is -2.32. The summed E-state index contributed by atoms with van der Waals surface area (Å²) in [5, 5.41) is 0. The third kappa shape index (κ3) is 1.56. The highest BCUT2D eigenvalue weighted by Crippen LogP contribution is 2.19. The van der Waals surface area contributed by atoms with Crippen molar-refractivity contribution in [3.05, 3.63) is 35.4 Å². The lowest BCUT2D eigenvalue weighted by molar-refractivity contribution is -0.120. The summed E-state index contributed by atoms with van der Waals surface area (Å²) in [7, 11) is 0. The van der Waals surface area contributed by atoms with E-state index in [-0.39, 0.29) is 5.91 Å². The first-order valence-electron chi connectivity index (χ1n) is 5.17. The zero-order chi connectivity index (χ0) is 11.8. The van der Waals surface area contributed by atoms with Gasteiger partial charge in [0.15, 0.2) is 6.40 Å². The maximum atomic E-state index is 11.8. The van der Waals surface area contributed by atoms with E-state index in [0.29, 0.717) is 17.7 Å². The summed E-state index contributed by atoms with van der Waals surface area (Å²) in [5.74, 6) is -0.735. The van der Waals surface area contributed by atoms with Crippen molar-refractivity contribution in [1.82, 2.24) is 0 Å². The van der Waals surface area contributed by atoms with Crippen molar-refractivity contribution in [2.45, 2.75) is 12.5 Å². The van der Waals surface area contributed by atoms with Gasteiger partial charge in [-0.25, -0.2) is 4.99 Å². The van der Waals surface area contributed by atoms with E-state index < -0.39 is 12.0 Å². The van der Waals surface area contributed by atoms with Crippen LogP contribution in [0.2, 0.25) is 0 Å². The number of hydrogen-bond acceptors (Lipinski definition) is 3. The highest BCUT2D eigenvalue weighted by Gasteiger charge is 2.32. The van der Waals surface area contributed by atoms with E-state index in [1.54, 1.807) is 12.1 Å². The first kappa shape index (κ1) is 9.89. The van der Waals surface area contributed by atoms with Crippen LogP contribution in [-0.4, -0.2) is 30.0 Å². The van der Waals surface area contributed by atoms with Gasteiger partial charge in [-0.2, -0.15) is 4.99 Å².